The average Bonchev–Trinajstić information content (AvgIpc) is 3.30. The lowest BCUT2D eigenvalue weighted by Gasteiger charge is -2.18. The zero-order chi connectivity index (χ0) is 47.2. The molecule has 1 atom stereocenters. The Hall–Kier alpha value is -2.37. The molecule has 0 amide bonds. The van der Waals surface area contributed by atoms with Crippen molar-refractivity contribution in [3.8, 4) is 0 Å². The van der Waals surface area contributed by atoms with Gasteiger partial charge in [0.15, 0.2) is 6.10 Å². The number of carbonyl (C=O) groups excluding carboxylic acids is 3. The molecule has 0 aromatic rings. The predicted octanol–water partition coefficient (Wildman–Crippen LogP) is 18.9. The van der Waals surface area contributed by atoms with Crippen LogP contribution in [0.25, 0.3) is 0 Å². The lowest BCUT2D eigenvalue weighted by atomic mass is 10.0. The van der Waals surface area contributed by atoms with E-state index in [9.17, 15) is 14.4 Å². The monoisotopic (exact) mass is 913 g/mol. The molecule has 0 heterocycles. The zero-order valence-electron chi connectivity index (χ0n) is 43.5. The molecule has 6 nitrogen and oxygen atoms in total. The van der Waals surface area contributed by atoms with Crippen LogP contribution in [0.4, 0.5) is 0 Å². The fraction of sp³-hybridized carbons (Fsp3) is 0.847. The quantitative estimate of drug-likeness (QED) is 0.0262. The molecule has 0 saturated heterocycles. The second-order valence-electron chi connectivity index (χ2n) is 19.2. The van der Waals surface area contributed by atoms with Gasteiger partial charge >= 0.3 is 17.9 Å². The first-order chi connectivity index (χ1) is 32.0. The minimum absolute atomic E-state index is 0.0716. The molecule has 0 aromatic heterocycles. The molecule has 0 bridgehead atoms. The summed E-state index contributed by atoms with van der Waals surface area (Å²) in [5.41, 5.74) is 0. The smallest absolute Gasteiger partial charge is 0.306 e. The van der Waals surface area contributed by atoms with Gasteiger partial charge in [-0.15, -0.1) is 0 Å². The molecular formula is C59H108O6. The molecule has 0 aliphatic carbocycles. The topological polar surface area (TPSA) is 78.9 Å². The van der Waals surface area contributed by atoms with E-state index in [1.807, 2.05) is 0 Å². The first-order valence-electron chi connectivity index (χ1n) is 28.5. The van der Waals surface area contributed by atoms with E-state index in [1.54, 1.807) is 0 Å². The largest absolute Gasteiger partial charge is 0.462 e. The van der Waals surface area contributed by atoms with Crippen LogP contribution in [-0.4, -0.2) is 37.2 Å². The Kier molecular flexibility index (Phi) is 52.3. The maximum Gasteiger partial charge on any atom is 0.306 e. The molecule has 0 N–H and O–H groups in total. The van der Waals surface area contributed by atoms with E-state index in [0.717, 1.165) is 77.0 Å². The molecule has 0 rings (SSSR count). The van der Waals surface area contributed by atoms with E-state index in [0.29, 0.717) is 19.3 Å². The number of carbonyl (C=O) groups is 3. The Bertz CT molecular complexity index is 1090. The van der Waals surface area contributed by atoms with Crippen LogP contribution in [0.15, 0.2) is 36.5 Å². The second-order valence-corrected chi connectivity index (χ2v) is 19.2. The highest BCUT2D eigenvalue weighted by molar-refractivity contribution is 5.71. The maximum absolute atomic E-state index is 12.8. The molecule has 0 aliphatic heterocycles. The van der Waals surface area contributed by atoms with Crippen LogP contribution >= 0.6 is 0 Å². The van der Waals surface area contributed by atoms with Gasteiger partial charge in [0, 0.05) is 19.3 Å². The van der Waals surface area contributed by atoms with E-state index >= 15 is 0 Å². The second kappa shape index (κ2) is 54.2. The first-order valence-corrected chi connectivity index (χ1v) is 28.5. The Morgan fingerprint density at radius 1 is 0.308 bits per heavy atom. The van der Waals surface area contributed by atoms with Crippen molar-refractivity contribution in [3.63, 3.8) is 0 Å². The molecule has 0 radical (unpaired) electrons. The van der Waals surface area contributed by atoms with Gasteiger partial charge in [0.05, 0.1) is 0 Å². The van der Waals surface area contributed by atoms with Gasteiger partial charge in [-0.1, -0.05) is 263 Å². The molecule has 0 unspecified atom stereocenters. The minimum Gasteiger partial charge on any atom is -0.462 e. The highest BCUT2D eigenvalue weighted by atomic mass is 16.6. The Morgan fingerprint density at radius 3 is 0.892 bits per heavy atom. The lowest BCUT2D eigenvalue weighted by molar-refractivity contribution is -0.167. The fourth-order valence-electron chi connectivity index (χ4n) is 8.33. The van der Waals surface area contributed by atoms with Gasteiger partial charge in [-0.05, 0) is 57.8 Å². The molecule has 0 fully saturated rings. The number of unbranched alkanes of at least 4 members (excludes halogenated alkanes) is 35. The summed E-state index contributed by atoms with van der Waals surface area (Å²) in [6, 6.07) is 0. The standard InChI is InChI=1S/C59H108O6/c1-4-7-10-13-16-19-22-25-27-29-30-31-33-34-37-40-43-46-49-52-58(61)64-55-56(54-63-57(60)51-48-45-42-39-36-24-21-18-15-12-9-6-3)65-59(62)53-50-47-44-41-38-35-32-28-26-23-20-17-14-11-8-5-2/h16,19,25,27,30-31,56H,4-15,17-18,20-24,26,28-29,32-55H2,1-3H3/b19-16-,27-25-,31-30-/t56-/m1/s1. The number of rotatable bonds is 52. The van der Waals surface area contributed by atoms with Crippen molar-refractivity contribution in [2.45, 2.75) is 309 Å². The van der Waals surface area contributed by atoms with Crippen LogP contribution < -0.4 is 0 Å². The molecule has 6 heteroatoms. The number of hydrogen-bond donors (Lipinski definition) is 0. The summed E-state index contributed by atoms with van der Waals surface area (Å²) >= 11 is 0. The molecule has 380 valence electrons. The molecular weight excluding hydrogens is 805 g/mol. The molecule has 0 aliphatic rings. The van der Waals surface area contributed by atoms with E-state index in [1.165, 1.54) is 186 Å². The van der Waals surface area contributed by atoms with Gasteiger partial charge in [-0.3, -0.25) is 14.4 Å². The van der Waals surface area contributed by atoms with Crippen molar-refractivity contribution >= 4 is 17.9 Å². The number of ether oxygens (including phenoxy) is 3. The summed E-state index contributed by atoms with van der Waals surface area (Å²) in [7, 11) is 0. The summed E-state index contributed by atoms with van der Waals surface area (Å²) in [6.07, 6.45) is 64.1. The van der Waals surface area contributed by atoms with Crippen molar-refractivity contribution in [2.24, 2.45) is 0 Å². The number of esters is 3. The fourth-order valence-corrected chi connectivity index (χ4v) is 8.33. The van der Waals surface area contributed by atoms with Gasteiger partial charge in [-0.2, -0.15) is 0 Å². The number of hydrogen-bond acceptors (Lipinski definition) is 6. The lowest BCUT2D eigenvalue weighted by Crippen LogP contribution is -2.30. The summed E-state index contributed by atoms with van der Waals surface area (Å²) in [4.78, 5) is 38.1. The zero-order valence-corrected chi connectivity index (χ0v) is 43.5. The van der Waals surface area contributed by atoms with Crippen LogP contribution in [0.1, 0.15) is 303 Å². The van der Waals surface area contributed by atoms with Gasteiger partial charge in [-0.25, -0.2) is 0 Å². The summed E-state index contributed by atoms with van der Waals surface area (Å²) in [6.45, 7) is 6.64. The Morgan fingerprint density at radius 2 is 0.554 bits per heavy atom. The van der Waals surface area contributed by atoms with E-state index in [4.69, 9.17) is 14.2 Å². The van der Waals surface area contributed by atoms with Gasteiger partial charge in [0.1, 0.15) is 13.2 Å². The highest BCUT2D eigenvalue weighted by Crippen LogP contribution is 2.16. The Balaban J connectivity index is 4.34. The van der Waals surface area contributed by atoms with Crippen LogP contribution in [0.5, 0.6) is 0 Å². The van der Waals surface area contributed by atoms with Crippen LogP contribution in [0.2, 0.25) is 0 Å². The van der Waals surface area contributed by atoms with Gasteiger partial charge in [0.25, 0.3) is 0 Å². The predicted molar refractivity (Wildman–Crippen MR) is 279 cm³/mol. The summed E-state index contributed by atoms with van der Waals surface area (Å²) in [5.74, 6) is -0.867. The number of allylic oxidation sites excluding steroid dienone is 6. The first kappa shape index (κ1) is 62.6. The van der Waals surface area contributed by atoms with Crippen molar-refractivity contribution in [2.75, 3.05) is 13.2 Å². The SMILES string of the molecule is CCCCC/C=C\C/C=C\C/C=C\CCCCCCCCC(=O)OC[C@@H](COC(=O)CCCCCCCCCCCCCC)OC(=O)CCCCCCCCCCCCCCCCCC. The van der Waals surface area contributed by atoms with Gasteiger partial charge < -0.3 is 14.2 Å². The molecule has 65 heavy (non-hydrogen) atoms. The average molecular weight is 914 g/mol. The highest BCUT2D eigenvalue weighted by Gasteiger charge is 2.19. The third-order valence-corrected chi connectivity index (χ3v) is 12.6. The third-order valence-electron chi connectivity index (χ3n) is 12.6. The van der Waals surface area contributed by atoms with Crippen LogP contribution in [0, 0.1) is 0 Å². The van der Waals surface area contributed by atoms with E-state index < -0.39 is 6.10 Å². The third kappa shape index (κ3) is 52.5. The normalized spacial score (nSPS) is 12.2. The Labute approximate surface area is 404 Å². The minimum atomic E-state index is -0.772. The van der Waals surface area contributed by atoms with Crippen molar-refractivity contribution in [1.29, 1.82) is 0 Å². The maximum atomic E-state index is 12.8. The summed E-state index contributed by atoms with van der Waals surface area (Å²) < 4.78 is 16.9. The van der Waals surface area contributed by atoms with E-state index in [-0.39, 0.29) is 31.1 Å². The van der Waals surface area contributed by atoms with Gasteiger partial charge in [0.2, 0.25) is 0 Å². The van der Waals surface area contributed by atoms with Crippen molar-refractivity contribution in [3.05, 3.63) is 36.5 Å². The molecule has 0 saturated carbocycles. The van der Waals surface area contributed by atoms with Crippen molar-refractivity contribution < 1.29 is 28.6 Å². The van der Waals surface area contributed by atoms with Crippen LogP contribution in [0.3, 0.4) is 0 Å². The van der Waals surface area contributed by atoms with Crippen molar-refractivity contribution in [1.82, 2.24) is 0 Å². The van der Waals surface area contributed by atoms with E-state index in [2.05, 4.69) is 57.2 Å². The molecule has 0 aromatic carbocycles. The van der Waals surface area contributed by atoms with Crippen LogP contribution in [-0.2, 0) is 28.6 Å². The molecule has 0 spiro atoms. The summed E-state index contributed by atoms with van der Waals surface area (Å²) in [5, 5.41) is 0.